The lowest BCUT2D eigenvalue weighted by atomic mass is 10.2. The van der Waals surface area contributed by atoms with E-state index in [1.54, 1.807) is 0 Å². The van der Waals surface area contributed by atoms with Gasteiger partial charge in [-0.15, -0.1) is 0 Å². The first-order valence-corrected chi connectivity index (χ1v) is 3.47. The zero-order chi connectivity index (χ0) is 6.55. The SMILES string of the molecule is C1=C2CC(O1)c1cccn12. The van der Waals surface area contributed by atoms with Crippen LogP contribution in [0.15, 0.2) is 24.6 Å². The Bertz CT molecular complexity index is 311. The molecule has 1 atom stereocenters. The molecular weight excluding hydrogens is 126 g/mol. The Balaban J connectivity index is 2.36. The van der Waals surface area contributed by atoms with Crippen molar-refractivity contribution in [2.24, 2.45) is 0 Å². The van der Waals surface area contributed by atoms with Gasteiger partial charge in [-0.2, -0.15) is 0 Å². The zero-order valence-corrected chi connectivity index (χ0v) is 5.45. The van der Waals surface area contributed by atoms with Gasteiger partial charge in [-0.05, 0) is 12.1 Å². The fraction of sp³-hybridized carbons (Fsp3) is 0.250. The van der Waals surface area contributed by atoms with Gasteiger partial charge in [0.1, 0.15) is 12.4 Å². The van der Waals surface area contributed by atoms with Gasteiger partial charge in [-0.25, -0.2) is 0 Å². The molecular formula is C8H7NO. The molecule has 2 heteroatoms. The van der Waals surface area contributed by atoms with Crippen LogP contribution in [0.25, 0.3) is 5.70 Å². The van der Waals surface area contributed by atoms with Crippen molar-refractivity contribution < 1.29 is 4.74 Å². The number of hydrogen-bond acceptors (Lipinski definition) is 1. The summed E-state index contributed by atoms with van der Waals surface area (Å²) in [5.41, 5.74) is 2.60. The van der Waals surface area contributed by atoms with Crippen molar-refractivity contribution in [1.82, 2.24) is 4.57 Å². The normalized spacial score (nSPS) is 26.0. The molecule has 0 saturated heterocycles. The maximum absolute atomic E-state index is 5.35. The minimum Gasteiger partial charge on any atom is -0.490 e. The number of aromatic nitrogens is 1. The van der Waals surface area contributed by atoms with E-state index in [0.29, 0.717) is 6.10 Å². The Morgan fingerprint density at radius 3 is 3.50 bits per heavy atom. The summed E-state index contributed by atoms with van der Waals surface area (Å²) in [7, 11) is 0. The van der Waals surface area contributed by atoms with Crippen molar-refractivity contribution in [3.63, 3.8) is 0 Å². The van der Waals surface area contributed by atoms with E-state index in [0.717, 1.165) is 6.42 Å². The molecule has 2 aliphatic heterocycles. The fourth-order valence-corrected chi connectivity index (χ4v) is 1.69. The predicted octanol–water partition coefficient (Wildman–Crippen LogP) is 1.76. The quantitative estimate of drug-likeness (QED) is 0.526. The Labute approximate surface area is 58.7 Å². The van der Waals surface area contributed by atoms with Crippen LogP contribution in [0.5, 0.6) is 0 Å². The third-order valence-corrected chi connectivity index (χ3v) is 2.18. The maximum Gasteiger partial charge on any atom is 0.144 e. The van der Waals surface area contributed by atoms with Crippen LogP contribution in [-0.2, 0) is 4.74 Å². The lowest BCUT2D eigenvalue weighted by Gasteiger charge is -2.08. The Kier molecular flexibility index (Phi) is 0.592. The summed E-state index contributed by atoms with van der Waals surface area (Å²) in [6.45, 7) is 0. The van der Waals surface area contributed by atoms with E-state index in [2.05, 4.69) is 22.9 Å². The highest BCUT2D eigenvalue weighted by atomic mass is 16.5. The van der Waals surface area contributed by atoms with Gasteiger partial charge in [-0.1, -0.05) is 0 Å². The molecule has 2 bridgehead atoms. The lowest BCUT2D eigenvalue weighted by molar-refractivity contribution is 0.170. The van der Waals surface area contributed by atoms with E-state index in [1.165, 1.54) is 11.4 Å². The Morgan fingerprint density at radius 1 is 1.60 bits per heavy atom. The van der Waals surface area contributed by atoms with Crippen LogP contribution in [0.1, 0.15) is 18.2 Å². The van der Waals surface area contributed by atoms with Gasteiger partial charge in [0.25, 0.3) is 0 Å². The minimum atomic E-state index is 0.324. The molecule has 3 heterocycles. The van der Waals surface area contributed by atoms with Crippen molar-refractivity contribution >= 4 is 5.70 Å². The molecule has 0 radical (unpaired) electrons. The molecule has 50 valence electrons. The highest BCUT2D eigenvalue weighted by molar-refractivity contribution is 5.55. The van der Waals surface area contributed by atoms with Gasteiger partial charge in [0.05, 0.1) is 11.4 Å². The Hall–Kier alpha value is -1.18. The first-order chi connectivity index (χ1) is 4.95. The number of nitrogens with zero attached hydrogens (tertiary/aromatic N) is 1. The van der Waals surface area contributed by atoms with Crippen LogP contribution >= 0.6 is 0 Å². The first-order valence-electron chi connectivity index (χ1n) is 3.47. The zero-order valence-electron chi connectivity index (χ0n) is 5.45. The molecule has 1 aromatic rings. The highest BCUT2D eigenvalue weighted by Gasteiger charge is 2.31. The molecule has 0 N–H and O–H groups in total. The van der Waals surface area contributed by atoms with Crippen LogP contribution in [-0.4, -0.2) is 4.57 Å². The molecule has 1 aromatic heterocycles. The summed E-state index contributed by atoms with van der Waals surface area (Å²) in [5.74, 6) is 0. The van der Waals surface area contributed by atoms with Gasteiger partial charge in [0, 0.05) is 12.6 Å². The summed E-state index contributed by atoms with van der Waals surface area (Å²) in [4.78, 5) is 0. The van der Waals surface area contributed by atoms with Crippen LogP contribution in [0.4, 0.5) is 0 Å². The summed E-state index contributed by atoms with van der Waals surface area (Å²) in [6, 6.07) is 4.18. The summed E-state index contributed by atoms with van der Waals surface area (Å²) in [5, 5.41) is 0. The van der Waals surface area contributed by atoms with Crippen LogP contribution in [0.2, 0.25) is 0 Å². The topological polar surface area (TPSA) is 14.2 Å². The standard InChI is InChI=1S/C8H7NO/c1-2-7-8-4-6(5-10-8)9(7)3-1/h1-3,5,8H,4H2. The number of fused-ring (bicyclic) bond motifs is 5. The van der Waals surface area contributed by atoms with Crippen molar-refractivity contribution in [1.29, 1.82) is 0 Å². The van der Waals surface area contributed by atoms with Crippen molar-refractivity contribution in [3.05, 3.63) is 30.3 Å². The van der Waals surface area contributed by atoms with Gasteiger partial charge in [0.15, 0.2) is 0 Å². The summed E-state index contributed by atoms with van der Waals surface area (Å²) >= 11 is 0. The van der Waals surface area contributed by atoms with Gasteiger partial charge in [0.2, 0.25) is 0 Å². The van der Waals surface area contributed by atoms with E-state index in [9.17, 15) is 0 Å². The third kappa shape index (κ3) is 0.347. The molecule has 0 spiro atoms. The maximum atomic E-state index is 5.35. The van der Waals surface area contributed by atoms with Gasteiger partial charge >= 0.3 is 0 Å². The molecule has 3 rings (SSSR count). The van der Waals surface area contributed by atoms with Crippen LogP contribution in [0, 0.1) is 0 Å². The number of ether oxygens (including phenoxy) is 1. The highest BCUT2D eigenvalue weighted by Crippen LogP contribution is 2.41. The summed E-state index contributed by atoms with van der Waals surface area (Å²) < 4.78 is 7.56. The van der Waals surface area contributed by atoms with E-state index in [4.69, 9.17) is 4.74 Å². The molecule has 2 aliphatic rings. The van der Waals surface area contributed by atoms with Crippen molar-refractivity contribution in [2.75, 3.05) is 0 Å². The van der Waals surface area contributed by atoms with Crippen molar-refractivity contribution in [3.8, 4) is 0 Å². The average molecular weight is 133 g/mol. The number of hydrogen-bond donors (Lipinski definition) is 0. The third-order valence-electron chi connectivity index (χ3n) is 2.18. The van der Waals surface area contributed by atoms with Crippen LogP contribution in [0.3, 0.4) is 0 Å². The molecule has 0 amide bonds. The molecule has 1 unspecified atom stereocenters. The molecule has 0 aliphatic carbocycles. The Morgan fingerprint density at radius 2 is 2.60 bits per heavy atom. The number of rotatable bonds is 0. The molecule has 0 saturated carbocycles. The second kappa shape index (κ2) is 1.29. The molecule has 2 nitrogen and oxygen atoms in total. The van der Waals surface area contributed by atoms with Crippen molar-refractivity contribution in [2.45, 2.75) is 12.5 Å². The largest absolute Gasteiger partial charge is 0.490 e. The van der Waals surface area contributed by atoms with E-state index >= 15 is 0 Å². The van der Waals surface area contributed by atoms with E-state index < -0.39 is 0 Å². The molecule has 0 fully saturated rings. The predicted molar refractivity (Wildman–Crippen MR) is 37.1 cm³/mol. The van der Waals surface area contributed by atoms with Gasteiger partial charge in [-0.3, -0.25) is 0 Å². The van der Waals surface area contributed by atoms with E-state index in [-0.39, 0.29) is 0 Å². The fourth-order valence-electron chi connectivity index (χ4n) is 1.69. The molecule has 10 heavy (non-hydrogen) atoms. The van der Waals surface area contributed by atoms with Gasteiger partial charge < -0.3 is 9.30 Å². The first kappa shape index (κ1) is 4.61. The summed E-state index contributed by atoms with van der Waals surface area (Å²) in [6.07, 6.45) is 5.34. The molecule has 0 aromatic carbocycles. The van der Waals surface area contributed by atoms with E-state index in [1.807, 2.05) is 6.26 Å². The van der Waals surface area contributed by atoms with Crippen LogP contribution < -0.4 is 0 Å². The second-order valence-electron chi connectivity index (χ2n) is 2.74. The second-order valence-corrected chi connectivity index (χ2v) is 2.74. The monoisotopic (exact) mass is 133 g/mol. The smallest absolute Gasteiger partial charge is 0.144 e. The average Bonchev–Trinajstić information content (AvgIpc) is 2.60. The minimum absolute atomic E-state index is 0.324. The lowest BCUT2D eigenvalue weighted by Crippen LogP contribution is -1.97.